The number of hydrogen-bond donors (Lipinski definition) is 2. The number of rotatable bonds is 7. The summed E-state index contributed by atoms with van der Waals surface area (Å²) in [6.45, 7) is 0. The Morgan fingerprint density at radius 3 is 1.88 bits per heavy atom. The fourth-order valence-corrected chi connectivity index (χ4v) is 9.48. The molecule has 0 bridgehead atoms. The van der Waals surface area contributed by atoms with E-state index in [0.717, 1.165) is 12.2 Å². The van der Waals surface area contributed by atoms with Crippen LogP contribution in [0.2, 0.25) is 0 Å². The van der Waals surface area contributed by atoms with E-state index in [2.05, 4.69) is 228 Å². The molecule has 0 radical (unpaired) electrons. The van der Waals surface area contributed by atoms with Crippen molar-refractivity contribution in [3.63, 3.8) is 0 Å². The molecule has 0 saturated heterocycles. The summed E-state index contributed by atoms with van der Waals surface area (Å²) in [5.74, 6) is 1.62. The summed E-state index contributed by atoms with van der Waals surface area (Å²) in [5, 5.41) is 10.6. The molecule has 7 aromatic rings. The first-order valence-electron chi connectivity index (χ1n) is 20.5. The number of hydrogen-bond acceptors (Lipinski definition) is 2. The van der Waals surface area contributed by atoms with Crippen LogP contribution in [0, 0.1) is 5.92 Å². The van der Waals surface area contributed by atoms with Gasteiger partial charge in [-0.3, -0.25) is 5.32 Å². The highest BCUT2D eigenvalue weighted by Gasteiger charge is 2.34. The fourth-order valence-electron chi connectivity index (χ4n) is 9.48. The Kier molecular flexibility index (Phi) is 8.60. The van der Waals surface area contributed by atoms with Crippen molar-refractivity contribution in [3.8, 4) is 11.3 Å². The normalized spacial score (nSPS) is 20.9. The van der Waals surface area contributed by atoms with E-state index in [9.17, 15) is 0 Å². The second-order valence-electron chi connectivity index (χ2n) is 15.8. The van der Waals surface area contributed by atoms with Crippen molar-refractivity contribution in [2.24, 2.45) is 5.92 Å². The van der Waals surface area contributed by atoms with E-state index in [4.69, 9.17) is 0 Å². The van der Waals surface area contributed by atoms with E-state index in [1.54, 1.807) is 0 Å². The van der Waals surface area contributed by atoms with Gasteiger partial charge in [0.25, 0.3) is 0 Å². The lowest BCUT2D eigenvalue weighted by Gasteiger charge is -2.39. The highest BCUT2D eigenvalue weighted by atomic mass is 15.4. The summed E-state index contributed by atoms with van der Waals surface area (Å²) in [6.07, 6.45) is 17.4. The van der Waals surface area contributed by atoms with Crippen LogP contribution in [0.1, 0.15) is 46.3 Å². The second-order valence-corrected chi connectivity index (χ2v) is 15.8. The Morgan fingerprint density at radius 2 is 1.14 bits per heavy atom. The van der Waals surface area contributed by atoms with Crippen molar-refractivity contribution in [2.45, 2.75) is 24.7 Å². The van der Waals surface area contributed by atoms with Gasteiger partial charge in [-0.1, -0.05) is 200 Å². The monoisotopic (exact) mass is 745 g/mol. The summed E-state index contributed by atoms with van der Waals surface area (Å²) in [5.41, 5.74) is 15.3. The molecule has 4 unspecified atom stereocenters. The van der Waals surface area contributed by atoms with E-state index >= 15 is 0 Å². The van der Waals surface area contributed by atoms with Crippen molar-refractivity contribution in [2.75, 3.05) is 5.32 Å². The zero-order valence-corrected chi connectivity index (χ0v) is 32.2. The first-order valence-corrected chi connectivity index (χ1v) is 20.5. The third-order valence-electron chi connectivity index (χ3n) is 12.3. The lowest BCUT2D eigenvalue weighted by atomic mass is 9.82. The topological polar surface area (TPSA) is 29.0 Å². The summed E-state index contributed by atoms with van der Waals surface area (Å²) < 4.78 is 2.48. The number of nitrogens with zero attached hydrogens (tertiary/aromatic N) is 1. The van der Waals surface area contributed by atoms with Gasteiger partial charge in [-0.05, 0) is 79.8 Å². The molecule has 0 amide bonds. The quantitative estimate of drug-likeness (QED) is 0.170. The number of benzene rings is 6. The van der Waals surface area contributed by atoms with Crippen LogP contribution in [0.3, 0.4) is 0 Å². The van der Waals surface area contributed by atoms with E-state index in [1.807, 2.05) is 0 Å². The molecular weight excluding hydrogens is 703 g/mol. The van der Waals surface area contributed by atoms with Crippen molar-refractivity contribution >= 4 is 33.3 Å². The number of nitrogens with one attached hydrogen (secondary N) is 2. The number of aromatic nitrogens is 1. The van der Waals surface area contributed by atoms with Crippen LogP contribution < -0.4 is 10.6 Å². The Hall–Kier alpha value is -6.94. The summed E-state index contributed by atoms with van der Waals surface area (Å²) >= 11 is 0. The molecule has 0 saturated carbocycles. The molecule has 58 heavy (non-hydrogen) atoms. The van der Waals surface area contributed by atoms with E-state index in [0.29, 0.717) is 0 Å². The van der Waals surface area contributed by atoms with Crippen molar-refractivity contribution < 1.29 is 0 Å². The van der Waals surface area contributed by atoms with Gasteiger partial charge < -0.3 is 9.88 Å². The van der Waals surface area contributed by atoms with Crippen LogP contribution >= 0.6 is 0 Å². The van der Waals surface area contributed by atoms with Crippen molar-refractivity contribution in [3.05, 3.63) is 251 Å². The van der Waals surface area contributed by atoms with Crippen molar-refractivity contribution in [1.29, 1.82) is 0 Å². The minimum atomic E-state index is -0.0594. The number of fused-ring (bicyclic) bond motifs is 4. The van der Waals surface area contributed by atoms with Gasteiger partial charge >= 0.3 is 0 Å². The first-order chi connectivity index (χ1) is 28.7. The average molecular weight is 746 g/mol. The minimum absolute atomic E-state index is 0.0468. The van der Waals surface area contributed by atoms with Gasteiger partial charge in [-0.2, -0.15) is 0 Å². The maximum atomic E-state index is 4.08. The van der Waals surface area contributed by atoms with Gasteiger partial charge in [0.1, 0.15) is 18.1 Å². The minimum Gasteiger partial charge on any atom is -0.352 e. The van der Waals surface area contributed by atoms with Gasteiger partial charge in [0.05, 0.1) is 5.69 Å². The predicted octanol–water partition coefficient (Wildman–Crippen LogP) is 13.0. The molecule has 1 aliphatic heterocycles. The number of allylic oxidation sites excluding steroid dienone is 11. The molecule has 11 rings (SSSR count). The molecule has 4 atom stereocenters. The maximum absolute atomic E-state index is 4.08. The Balaban J connectivity index is 0.914. The van der Waals surface area contributed by atoms with Crippen LogP contribution in [-0.4, -0.2) is 10.7 Å². The molecule has 278 valence electrons. The number of anilines is 1. The third kappa shape index (κ3) is 6.12. The summed E-state index contributed by atoms with van der Waals surface area (Å²) in [4.78, 5) is 0. The largest absolute Gasteiger partial charge is 0.352 e. The van der Waals surface area contributed by atoms with Gasteiger partial charge in [-0.15, -0.1) is 0 Å². The van der Waals surface area contributed by atoms with E-state index < -0.39 is 0 Å². The SMILES string of the molecule is C1=CC(c2cccc(C3=CC4C=C(c5ccccc5)C=C(c5ccccc5)C4=C3)c2)CC(C2Nc3c4ccccc4c(-c4ccccc4)n3C(c3ccccc3)N2)=C1. The molecule has 3 heteroatoms. The molecule has 3 aliphatic carbocycles. The summed E-state index contributed by atoms with van der Waals surface area (Å²) in [6, 6.07) is 61.4. The van der Waals surface area contributed by atoms with Crippen LogP contribution in [-0.2, 0) is 0 Å². The van der Waals surface area contributed by atoms with Gasteiger partial charge in [0.15, 0.2) is 0 Å². The highest BCUT2D eigenvalue weighted by Crippen LogP contribution is 2.46. The molecule has 3 nitrogen and oxygen atoms in total. The molecule has 1 aromatic heterocycles. The third-order valence-corrected chi connectivity index (χ3v) is 12.3. The highest BCUT2D eigenvalue weighted by molar-refractivity contribution is 6.04. The molecule has 0 spiro atoms. The molecule has 6 aromatic carbocycles. The van der Waals surface area contributed by atoms with Crippen molar-refractivity contribution in [1.82, 2.24) is 9.88 Å². The molecule has 4 aliphatic rings. The average Bonchev–Trinajstić information content (AvgIpc) is 3.90. The molecule has 2 heterocycles. The van der Waals surface area contributed by atoms with Crippen LogP contribution in [0.5, 0.6) is 0 Å². The van der Waals surface area contributed by atoms with Gasteiger partial charge in [0.2, 0.25) is 0 Å². The zero-order chi connectivity index (χ0) is 38.4. The smallest absolute Gasteiger partial charge is 0.117 e. The predicted molar refractivity (Wildman–Crippen MR) is 242 cm³/mol. The standard InChI is InChI=1S/C55H43N3/c1-5-17-37(18-6-1)45-33-47-34-46(36-51(47)50(35-45)38-19-7-2-8-20-38)43-27-15-25-41(31-43)42-26-16-28-44(32-42)53-56-54(40-23-11-4-12-24-40)58-52(39-21-9-3-10-22-39)48-29-13-14-30-49(48)55(58)57-53/h1-31,33-36,42,47,53-54,56-57H,32H2. The summed E-state index contributed by atoms with van der Waals surface area (Å²) in [7, 11) is 0. The van der Waals surface area contributed by atoms with Gasteiger partial charge in [0, 0.05) is 22.6 Å². The van der Waals surface area contributed by atoms with Crippen LogP contribution in [0.15, 0.2) is 224 Å². The van der Waals surface area contributed by atoms with Crippen LogP contribution in [0.25, 0.3) is 38.7 Å². The first kappa shape index (κ1) is 34.3. The Labute approximate surface area is 340 Å². The Bertz CT molecular complexity index is 2850. The van der Waals surface area contributed by atoms with E-state index in [-0.39, 0.29) is 24.2 Å². The second kappa shape index (κ2) is 14.5. The lowest BCUT2D eigenvalue weighted by Crippen LogP contribution is -2.48. The lowest BCUT2D eigenvalue weighted by molar-refractivity contribution is 0.412. The molecule has 0 fully saturated rings. The Morgan fingerprint density at radius 1 is 0.534 bits per heavy atom. The molecule has 2 N–H and O–H groups in total. The molecular formula is C55H43N3. The zero-order valence-electron chi connectivity index (χ0n) is 32.2. The van der Waals surface area contributed by atoms with Gasteiger partial charge in [-0.25, -0.2) is 0 Å². The van der Waals surface area contributed by atoms with Crippen LogP contribution in [0.4, 0.5) is 5.82 Å². The maximum Gasteiger partial charge on any atom is 0.117 e. The van der Waals surface area contributed by atoms with E-state index in [1.165, 1.54) is 77.7 Å². The fraction of sp³-hybridized carbons (Fsp3) is 0.0909.